The van der Waals surface area contributed by atoms with Crippen molar-refractivity contribution in [3.05, 3.63) is 55.7 Å². The van der Waals surface area contributed by atoms with E-state index in [0.29, 0.717) is 6.04 Å². The largest absolute Gasteiger partial charge is 0.310 e. The van der Waals surface area contributed by atoms with Crippen molar-refractivity contribution in [2.75, 3.05) is 6.54 Å². The van der Waals surface area contributed by atoms with Gasteiger partial charge in [-0.15, -0.1) is 11.3 Å². The summed E-state index contributed by atoms with van der Waals surface area (Å²) in [5.41, 5.74) is 5.64. The van der Waals surface area contributed by atoms with Gasteiger partial charge in [0.2, 0.25) is 0 Å². The third kappa shape index (κ3) is 3.94. The van der Waals surface area contributed by atoms with Crippen molar-refractivity contribution in [1.29, 1.82) is 0 Å². The van der Waals surface area contributed by atoms with Gasteiger partial charge in [0.05, 0.1) is 3.79 Å². The highest BCUT2D eigenvalue weighted by Crippen LogP contribution is 2.29. The monoisotopic (exact) mass is 351 g/mol. The lowest BCUT2D eigenvalue weighted by Gasteiger charge is -2.20. The molecule has 0 spiro atoms. The van der Waals surface area contributed by atoms with Crippen LogP contribution in [0, 0.1) is 13.8 Å². The Morgan fingerprint density at radius 2 is 1.95 bits per heavy atom. The van der Waals surface area contributed by atoms with Crippen LogP contribution in [-0.4, -0.2) is 6.54 Å². The summed E-state index contributed by atoms with van der Waals surface area (Å²) in [7, 11) is 0. The lowest BCUT2D eigenvalue weighted by molar-refractivity contribution is 0.528. The number of halogens is 1. The Morgan fingerprint density at radius 1 is 1.25 bits per heavy atom. The molecule has 1 unspecified atom stereocenters. The maximum Gasteiger partial charge on any atom is 0.0701 e. The molecule has 1 nitrogen and oxygen atoms in total. The van der Waals surface area contributed by atoms with E-state index in [1.807, 2.05) is 0 Å². The van der Waals surface area contributed by atoms with Gasteiger partial charge in [-0.3, -0.25) is 0 Å². The zero-order valence-corrected chi connectivity index (χ0v) is 14.8. The fourth-order valence-corrected chi connectivity index (χ4v) is 3.74. The number of aryl methyl sites for hydroxylation is 2. The summed E-state index contributed by atoms with van der Waals surface area (Å²) >= 11 is 5.34. The Labute approximate surface area is 134 Å². The van der Waals surface area contributed by atoms with E-state index in [2.05, 4.69) is 71.7 Å². The maximum absolute atomic E-state index is 3.69. The summed E-state index contributed by atoms with van der Waals surface area (Å²) in [6.45, 7) is 7.70. The summed E-state index contributed by atoms with van der Waals surface area (Å²) < 4.78 is 1.21. The third-order valence-electron chi connectivity index (χ3n) is 3.68. The first-order valence-electron chi connectivity index (χ1n) is 7.14. The first kappa shape index (κ1) is 15.7. The first-order valence-corrected chi connectivity index (χ1v) is 8.81. The van der Waals surface area contributed by atoms with Gasteiger partial charge in [0.25, 0.3) is 0 Å². The van der Waals surface area contributed by atoms with Gasteiger partial charge in [0, 0.05) is 6.04 Å². The molecule has 2 aromatic rings. The van der Waals surface area contributed by atoms with Crippen molar-refractivity contribution in [3.8, 4) is 0 Å². The summed E-state index contributed by atoms with van der Waals surface area (Å²) in [5, 5.41) is 5.94. The third-order valence-corrected chi connectivity index (χ3v) is 5.21. The van der Waals surface area contributed by atoms with Crippen molar-refractivity contribution in [2.24, 2.45) is 0 Å². The Hall–Kier alpha value is -0.640. The molecule has 108 valence electrons. The molecule has 0 amide bonds. The van der Waals surface area contributed by atoms with Gasteiger partial charge in [0.1, 0.15) is 0 Å². The van der Waals surface area contributed by atoms with Gasteiger partial charge in [-0.2, -0.15) is 0 Å². The topological polar surface area (TPSA) is 12.0 Å². The minimum absolute atomic E-state index is 0.400. The number of rotatable bonds is 6. The van der Waals surface area contributed by atoms with E-state index in [0.717, 1.165) is 19.4 Å². The van der Waals surface area contributed by atoms with Crippen LogP contribution in [0.5, 0.6) is 0 Å². The van der Waals surface area contributed by atoms with Gasteiger partial charge in [-0.25, -0.2) is 0 Å². The quantitative estimate of drug-likeness (QED) is 0.733. The van der Waals surface area contributed by atoms with Crippen LogP contribution in [0.3, 0.4) is 0 Å². The summed E-state index contributed by atoms with van der Waals surface area (Å²) in [6, 6.07) is 9.21. The van der Waals surface area contributed by atoms with Crippen molar-refractivity contribution in [3.63, 3.8) is 0 Å². The summed E-state index contributed by atoms with van der Waals surface area (Å²) in [6.07, 6.45) is 2.22. The molecule has 0 saturated carbocycles. The number of thiophene rings is 1. The normalized spacial score (nSPS) is 12.6. The second-order valence-corrected chi connectivity index (χ2v) is 7.56. The van der Waals surface area contributed by atoms with Crippen LogP contribution in [0.2, 0.25) is 0 Å². The Kier molecular flexibility index (Phi) is 5.82. The molecule has 1 atom stereocenters. The highest BCUT2D eigenvalue weighted by atomic mass is 79.9. The van der Waals surface area contributed by atoms with Crippen molar-refractivity contribution in [2.45, 2.75) is 39.7 Å². The van der Waals surface area contributed by atoms with Crippen molar-refractivity contribution >= 4 is 27.3 Å². The molecule has 1 heterocycles. The average molecular weight is 352 g/mol. The Bertz CT molecular complexity index is 542. The van der Waals surface area contributed by atoms with E-state index in [1.54, 1.807) is 11.3 Å². The molecule has 0 bridgehead atoms. The van der Waals surface area contributed by atoms with E-state index in [4.69, 9.17) is 0 Å². The molecule has 1 aromatic carbocycles. The molecule has 2 rings (SSSR count). The van der Waals surface area contributed by atoms with Crippen molar-refractivity contribution in [1.82, 2.24) is 5.32 Å². The van der Waals surface area contributed by atoms with Gasteiger partial charge < -0.3 is 5.32 Å². The van der Waals surface area contributed by atoms with Gasteiger partial charge >= 0.3 is 0 Å². The van der Waals surface area contributed by atoms with Crippen LogP contribution >= 0.6 is 27.3 Å². The number of hydrogen-bond acceptors (Lipinski definition) is 2. The molecule has 3 heteroatoms. The van der Waals surface area contributed by atoms with Crippen LogP contribution in [0.4, 0.5) is 0 Å². The SMILES string of the molecule is CCCNC(Cc1c(C)cccc1C)c1csc(Br)c1. The van der Waals surface area contributed by atoms with Crippen LogP contribution in [0.25, 0.3) is 0 Å². The zero-order valence-electron chi connectivity index (χ0n) is 12.4. The second-order valence-electron chi connectivity index (χ2n) is 5.27. The molecule has 1 N–H and O–H groups in total. The number of benzene rings is 1. The van der Waals surface area contributed by atoms with Crippen LogP contribution in [-0.2, 0) is 6.42 Å². The standard InChI is InChI=1S/C17H22BrNS/c1-4-8-19-16(14-9-17(18)20-11-14)10-15-12(2)6-5-7-13(15)3/h5-7,9,11,16,19H,4,8,10H2,1-3H3. The molecule has 0 aliphatic carbocycles. The van der Waals surface area contributed by atoms with Crippen LogP contribution < -0.4 is 5.32 Å². The summed E-state index contributed by atoms with van der Waals surface area (Å²) in [5.74, 6) is 0. The molecular weight excluding hydrogens is 330 g/mol. The molecule has 0 aliphatic heterocycles. The minimum Gasteiger partial charge on any atom is -0.310 e. The maximum atomic E-state index is 3.69. The molecule has 20 heavy (non-hydrogen) atoms. The number of hydrogen-bond donors (Lipinski definition) is 1. The fraction of sp³-hybridized carbons (Fsp3) is 0.412. The van der Waals surface area contributed by atoms with Gasteiger partial charge in [-0.1, -0.05) is 25.1 Å². The lowest BCUT2D eigenvalue weighted by atomic mass is 9.94. The van der Waals surface area contributed by atoms with Gasteiger partial charge in [-0.05, 0) is 82.9 Å². The Morgan fingerprint density at radius 3 is 2.50 bits per heavy atom. The van der Waals surface area contributed by atoms with Crippen LogP contribution in [0.15, 0.2) is 33.4 Å². The van der Waals surface area contributed by atoms with Crippen LogP contribution in [0.1, 0.15) is 41.6 Å². The molecule has 0 radical (unpaired) electrons. The molecule has 0 fully saturated rings. The fourth-order valence-electron chi connectivity index (χ4n) is 2.51. The zero-order chi connectivity index (χ0) is 14.5. The first-order chi connectivity index (χ1) is 9.61. The predicted octanol–water partition coefficient (Wildman–Crippen LogP) is 5.41. The smallest absolute Gasteiger partial charge is 0.0701 e. The number of nitrogens with one attached hydrogen (secondary N) is 1. The Balaban J connectivity index is 2.23. The van der Waals surface area contributed by atoms with Gasteiger partial charge in [0.15, 0.2) is 0 Å². The molecular formula is C17H22BrNS. The van der Waals surface area contributed by atoms with E-state index in [9.17, 15) is 0 Å². The molecule has 0 aliphatic rings. The minimum atomic E-state index is 0.400. The lowest BCUT2D eigenvalue weighted by Crippen LogP contribution is -2.24. The van der Waals surface area contributed by atoms with E-state index < -0.39 is 0 Å². The summed E-state index contributed by atoms with van der Waals surface area (Å²) in [4.78, 5) is 0. The molecule has 0 saturated heterocycles. The van der Waals surface area contributed by atoms with Crippen molar-refractivity contribution < 1.29 is 0 Å². The highest BCUT2D eigenvalue weighted by molar-refractivity contribution is 9.11. The predicted molar refractivity (Wildman–Crippen MR) is 92.7 cm³/mol. The second kappa shape index (κ2) is 7.39. The molecule has 1 aromatic heterocycles. The van der Waals surface area contributed by atoms with E-state index >= 15 is 0 Å². The van der Waals surface area contributed by atoms with E-state index in [1.165, 1.54) is 26.0 Å². The van der Waals surface area contributed by atoms with E-state index in [-0.39, 0.29) is 0 Å². The average Bonchev–Trinajstić information content (AvgIpc) is 2.84. The highest BCUT2D eigenvalue weighted by Gasteiger charge is 2.15.